The van der Waals surface area contributed by atoms with Crippen molar-refractivity contribution in [2.75, 3.05) is 19.5 Å². The lowest BCUT2D eigenvalue weighted by Gasteiger charge is -2.30. The standard InChI is InChI=1S/C22H24BrN3O4/c1-11-6-7-12(2)16(8-11)25-21(27)19-13(3)24-22(28)26-20(19)14-9-17(29-4)18(30-5)10-15(14)23/h6-10,20H,1-5H3,(H,25,27)(H2,24,26,28)/t20-/m0/s1. The number of benzene rings is 2. The minimum atomic E-state index is -0.682. The number of anilines is 1. The third kappa shape index (κ3) is 4.28. The Kier molecular flexibility index (Phi) is 6.36. The van der Waals surface area contributed by atoms with E-state index in [1.165, 1.54) is 7.11 Å². The van der Waals surface area contributed by atoms with Crippen LogP contribution in [0.1, 0.15) is 29.7 Å². The summed E-state index contributed by atoms with van der Waals surface area (Å²) in [6.07, 6.45) is 0. The summed E-state index contributed by atoms with van der Waals surface area (Å²) >= 11 is 3.53. The van der Waals surface area contributed by atoms with E-state index < -0.39 is 6.04 Å². The molecule has 3 amide bonds. The van der Waals surface area contributed by atoms with Gasteiger partial charge in [0, 0.05) is 15.9 Å². The SMILES string of the molecule is COc1cc(Br)c([C@@H]2NC(=O)NC(C)=C2C(=O)Nc2cc(C)ccc2C)cc1OC. The van der Waals surface area contributed by atoms with E-state index in [1.54, 1.807) is 26.2 Å². The number of hydrogen-bond acceptors (Lipinski definition) is 4. The average molecular weight is 474 g/mol. The zero-order valence-corrected chi connectivity index (χ0v) is 19.1. The topological polar surface area (TPSA) is 88.7 Å². The molecule has 1 aliphatic heterocycles. The number of nitrogens with one attached hydrogen (secondary N) is 3. The zero-order valence-electron chi connectivity index (χ0n) is 17.5. The van der Waals surface area contributed by atoms with Crippen molar-refractivity contribution in [3.8, 4) is 11.5 Å². The Morgan fingerprint density at radius 2 is 1.73 bits per heavy atom. The molecule has 0 radical (unpaired) electrons. The number of aryl methyl sites for hydroxylation is 2. The van der Waals surface area contributed by atoms with Gasteiger partial charge in [-0.3, -0.25) is 4.79 Å². The molecule has 0 saturated heterocycles. The molecule has 30 heavy (non-hydrogen) atoms. The van der Waals surface area contributed by atoms with Crippen molar-refractivity contribution in [3.63, 3.8) is 0 Å². The average Bonchev–Trinajstić information content (AvgIpc) is 2.69. The minimum Gasteiger partial charge on any atom is -0.493 e. The van der Waals surface area contributed by atoms with Crippen LogP contribution in [0.3, 0.4) is 0 Å². The molecule has 0 bridgehead atoms. The molecule has 2 aromatic carbocycles. The predicted octanol–water partition coefficient (Wildman–Crippen LogP) is 4.35. The molecule has 158 valence electrons. The lowest BCUT2D eigenvalue weighted by atomic mass is 9.94. The summed E-state index contributed by atoms with van der Waals surface area (Å²) in [5.41, 5.74) is 4.27. The Morgan fingerprint density at radius 3 is 2.40 bits per heavy atom. The van der Waals surface area contributed by atoms with E-state index in [4.69, 9.17) is 9.47 Å². The molecule has 1 atom stereocenters. The molecule has 1 heterocycles. The molecule has 0 aliphatic carbocycles. The molecule has 7 nitrogen and oxygen atoms in total. The summed E-state index contributed by atoms with van der Waals surface area (Å²) in [4.78, 5) is 25.5. The molecule has 8 heteroatoms. The summed E-state index contributed by atoms with van der Waals surface area (Å²) in [5, 5.41) is 8.51. The molecule has 0 fully saturated rings. The van der Waals surface area contributed by atoms with Crippen LogP contribution in [0.25, 0.3) is 0 Å². The Morgan fingerprint density at radius 1 is 1.07 bits per heavy atom. The monoisotopic (exact) mass is 473 g/mol. The Labute approximate surface area is 184 Å². The van der Waals surface area contributed by atoms with Crippen molar-refractivity contribution in [1.29, 1.82) is 0 Å². The van der Waals surface area contributed by atoms with Crippen LogP contribution in [-0.2, 0) is 4.79 Å². The highest BCUT2D eigenvalue weighted by Crippen LogP contribution is 2.39. The molecule has 0 unspecified atom stereocenters. The van der Waals surface area contributed by atoms with E-state index in [0.29, 0.717) is 32.8 Å². The van der Waals surface area contributed by atoms with Crippen molar-refractivity contribution < 1.29 is 19.1 Å². The Bertz CT molecular complexity index is 1050. The number of methoxy groups -OCH3 is 2. The predicted molar refractivity (Wildman–Crippen MR) is 119 cm³/mol. The van der Waals surface area contributed by atoms with Gasteiger partial charge in [-0.15, -0.1) is 0 Å². The van der Waals surface area contributed by atoms with Gasteiger partial charge in [-0.25, -0.2) is 4.79 Å². The van der Waals surface area contributed by atoms with Gasteiger partial charge < -0.3 is 25.4 Å². The fourth-order valence-corrected chi connectivity index (χ4v) is 3.93. The number of rotatable bonds is 5. The second kappa shape index (κ2) is 8.79. The molecule has 0 saturated carbocycles. The highest BCUT2D eigenvalue weighted by molar-refractivity contribution is 9.10. The molecule has 0 aromatic heterocycles. The molecular weight excluding hydrogens is 450 g/mol. The first-order valence-electron chi connectivity index (χ1n) is 9.33. The molecule has 2 aromatic rings. The smallest absolute Gasteiger partial charge is 0.319 e. The highest BCUT2D eigenvalue weighted by atomic mass is 79.9. The van der Waals surface area contributed by atoms with Gasteiger partial charge in [0.15, 0.2) is 11.5 Å². The second-order valence-electron chi connectivity index (χ2n) is 7.07. The first-order valence-corrected chi connectivity index (χ1v) is 10.1. The maximum absolute atomic E-state index is 13.3. The van der Waals surface area contributed by atoms with Crippen LogP contribution in [-0.4, -0.2) is 26.2 Å². The van der Waals surface area contributed by atoms with Gasteiger partial charge in [0.25, 0.3) is 5.91 Å². The van der Waals surface area contributed by atoms with Gasteiger partial charge in [-0.2, -0.15) is 0 Å². The summed E-state index contributed by atoms with van der Waals surface area (Å²) in [6.45, 7) is 5.60. The molecule has 3 N–H and O–H groups in total. The largest absolute Gasteiger partial charge is 0.493 e. The Balaban J connectivity index is 2.05. The number of halogens is 1. The minimum absolute atomic E-state index is 0.305. The second-order valence-corrected chi connectivity index (χ2v) is 7.93. The van der Waals surface area contributed by atoms with Crippen molar-refractivity contribution in [3.05, 3.63) is 62.8 Å². The molecular formula is C22H24BrN3O4. The van der Waals surface area contributed by atoms with Crippen LogP contribution in [0.4, 0.5) is 10.5 Å². The highest BCUT2D eigenvalue weighted by Gasteiger charge is 2.33. The van der Waals surface area contributed by atoms with Gasteiger partial charge in [-0.05, 0) is 55.7 Å². The third-order valence-corrected chi connectivity index (χ3v) is 5.66. The third-order valence-electron chi connectivity index (χ3n) is 4.97. The van der Waals surface area contributed by atoms with E-state index in [9.17, 15) is 9.59 Å². The van der Waals surface area contributed by atoms with Crippen LogP contribution in [0.15, 0.2) is 46.1 Å². The molecule has 0 spiro atoms. The summed E-state index contributed by atoms with van der Waals surface area (Å²) in [5.74, 6) is 0.728. The zero-order chi connectivity index (χ0) is 22.0. The number of amides is 3. The van der Waals surface area contributed by atoms with Crippen LogP contribution in [0, 0.1) is 13.8 Å². The van der Waals surface area contributed by atoms with E-state index in [-0.39, 0.29) is 11.9 Å². The maximum Gasteiger partial charge on any atom is 0.319 e. The van der Waals surface area contributed by atoms with E-state index in [0.717, 1.165) is 16.8 Å². The summed E-state index contributed by atoms with van der Waals surface area (Å²) in [6, 6.07) is 8.28. The number of carbonyl (C=O) groups is 2. The number of hydrogen-bond donors (Lipinski definition) is 3. The molecule has 3 rings (SSSR count). The van der Waals surface area contributed by atoms with Crippen molar-refractivity contribution in [2.45, 2.75) is 26.8 Å². The van der Waals surface area contributed by atoms with Crippen LogP contribution in [0.5, 0.6) is 11.5 Å². The molecule has 1 aliphatic rings. The Hall–Kier alpha value is -3.00. The van der Waals surface area contributed by atoms with Crippen molar-refractivity contribution >= 4 is 33.6 Å². The van der Waals surface area contributed by atoms with E-state index in [2.05, 4.69) is 31.9 Å². The lowest BCUT2D eigenvalue weighted by molar-refractivity contribution is -0.113. The number of urea groups is 1. The fraction of sp³-hybridized carbons (Fsp3) is 0.273. The first kappa shape index (κ1) is 21.7. The van der Waals surface area contributed by atoms with Crippen molar-refractivity contribution in [2.24, 2.45) is 0 Å². The number of carbonyl (C=O) groups excluding carboxylic acids is 2. The van der Waals surface area contributed by atoms with Gasteiger partial charge in [0.1, 0.15) is 0 Å². The lowest BCUT2D eigenvalue weighted by Crippen LogP contribution is -2.46. The van der Waals surface area contributed by atoms with Crippen LogP contribution < -0.4 is 25.4 Å². The van der Waals surface area contributed by atoms with E-state index >= 15 is 0 Å². The summed E-state index contributed by atoms with van der Waals surface area (Å²) in [7, 11) is 3.08. The van der Waals surface area contributed by atoms with Crippen molar-refractivity contribution in [1.82, 2.24) is 10.6 Å². The summed E-state index contributed by atoms with van der Waals surface area (Å²) < 4.78 is 11.4. The quantitative estimate of drug-likeness (QED) is 0.602. The van der Waals surface area contributed by atoms with Crippen LogP contribution in [0.2, 0.25) is 0 Å². The van der Waals surface area contributed by atoms with Gasteiger partial charge in [-0.1, -0.05) is 28.1 Å². The van der Waals surface area contributed by atoms with E-state index in [1.807, 2.05) is 32.0 Å². The number of ether oxygens (including phenoxy) is 2. The maximum atomic E-state index is 13.3. The normalized spacial score (nSPS) is 15.9. The van der Waals surface area contributed by atoms with Crippen LogP contribution >= 0.6 is 15.9 Å². The fourth-order valence-electron chi connectivity index (χ4n) is 3.38. The van der Waals surface area contributed by atoms with Gasteiger partial charge >= 0.3 is 6.03 Å². The van der Waals surface area contributed by atoms with Gasteiger partial charge in [0.05, 0.1) is 25.8 Å². The van der Waals surface area contributed by atoms with Gasteiger partial charge in [0.2, 0.25) is 0 Å². The number of allylic oxidation sites excluding steroid dienone is 1. The first-order chi connectivity index (χ1) is 14.2.